The normalized spacial score (nSPS) is 26.1. The van der Waals surface area contributed by atoms with E-state index in [4.69, 9.17) is 27.1 Å². The van der Waals surface area contributed by atoms with Crippen LogP contribution >= 0.6 is 12.6 Å². The maximum atomic E-state index is 13.9. The van der Waals surface area contributed by atoms with Gasteiger partial charge in [0.1, 0.15) is 17.5 Å². The van der Waals surface area contributed by atoms with Gasteiger partial charge in [0.15, 0.2) is 0 Å². The minimum Gasteiger partial charge on any atom is -0.464 e. The number of methoxy groups -OCH3 is 1. The van der Waals surface area contributed by atoms with Gasteiger partial charge in [0.05, 0.1) is 29.9 Å². The summed E-state index contributed by atoms with van der Waals surface area (Å²) in [4.78, 5) is 50.4. The second-order valence-electron chi connectivity index (χ2n) is 17.0. The number of hydrogen-bond acceptors (Lipinski definition) is 10. The monoisotopic (exact) mass is 785 g/mol. The molecule has 12 nitrogen and oxygen atoms in total. The summed E-state index contributed by atoms with van der Waals surface area (Å²) < 4.78 is 14.3. The number of carbonyl (C=O) groups is 3. The fourth-order valence-corrected chi connectivity index (χ4v) is 8.66. The molecule has 5 atom stereocenters. The Kier molecular flexibility index (Phi) is 12.2. The maximum absolute atomic E-state index is 13.9. The highest BCUT2D eigenvalue weighted by molar-refractivity contribution is 7.80. The Morgan fingerprint density at radius 1 is 1.14 bits per heavy atom. The topological polar surface area (TPSA) is 121 Å². The van der Waals surface area contributed by atoms with Crippen LogP contribution in [0.1, 0.15) is 75.6 Å². The minimum atomic E-state index is -0.742. The van der Waals surface area contributed by atoms with E-state index in [2.05, 4.69) is 90.2 Å². The number of carbonyl (C=O) groups excluding carboxylic acids is 3. The number of nitrogens with one attached hydrogen (secondary N) is 2. The third-order valence-electron chi connectivity index (χ3n) is 12.0. The van der Waals surface area contributed by atoms with Crippen LogP contribution in [0.5, 0.6) is 0 Å². The summed E-state index contributed by atoms with van der Waals surface area (Å²) >= 11 is 4.85. The number of thiol groups is 1. The summed E-state index contributed by atoms with van der Waals surface area (Å²) in [5.74, 6) is -0.444. The highest BCUT2D eigenvalue weighted by atomic mass is 32.1. The van der Waals surface area contributed by atoms with Gasteiger partial charge in [0.25, 0.3) is 5.91 Å². The van der Waals surface area contributed by atoms with Crippen LogP contribution in [0, 0.1) is 17.3 Å². The lowest BCUT2D eigenvalue weighted by molar-refractivity contribution is -0.155. The number of piperazine rings is 1. The number of rotatable bonds is 7. The Bertz CT molecular complexity index is 1970. The van der Waals surface area contributed by atoms with Crippen molar-refractivity contribution >= 4 is 47.0 Å². The van der Waals surface area contributed by atoms with Crippen molar-refractivity contribution in [1.82, 2.24) is 30.2 Å². The third kappa shape index (κ3) is 8.66. The molecule has 2 aromatic heterocycles. The first-order valence-electron chi connectivity index (χ1n) is 20.4. The van der Waals surface area contributed by atoms with Gasteiger partial charge in [-0.3, -0.25) is 24.4 Å². The van der Waals surface area contributed by atoms with Crippen LogP contribution in [-0.4, -0.2) is 103 Å². The number of ether oxygens (including phenoxy) is 2. The molecule has 3 fully saturated rings. The van der Waals surface area contributed by atoms with Gasteiger partial charge in [-0.2, -0.15) is 0 Å². The minimum absolute atomic E-state index is 0.0595. The average Bonchev–Trinajstić information content (AvgIpc) is 3.87. The number of hydrazine groups is 1. The van der Waals surface area contributed by atoms with Crippen LogP contribution in [0.2, 0.25) is 0 Å². The van der Waals surface area contributed by atoms with Crippen LogP contribution < -0.4 is 15.6 Å². The highest BCUT2D eigenvalue weighted by Gasteiger charge is 2.41. The second-order valence-corrected chi connectivity index (χ2v) is 17.5. The van der Waals surface area contributed by atoms with Gasteiger partial charge in [-0.15, -0.1) is 12.6 Å². The van der Waals surface area contributed by atoms with Crippen molar-refractivity contribution in [3.8, 4) is 11.3 Å². The summed E-state index contributed by atoms with van der Waals surface area (Å²) in [6.07, 6.45) is 9.71. The number of aryl methyl sites for hydroxylation is 1. The number of fused-ring (bicyclic) bond motifs is 3. The van der Waals surface area contributed by atoms with Gasteiger partial charge in [0.2, 0.25) is 5.91 Å². The molecule has 2 saturated heterocycles. The molecule has 3 aromatic rings. The van der Waals surface area contributed by atoms with Gasteiger partial charge in [-0.25, -0.2) is 5.43 Å². The van der Waals surface area contributed by atoms with Crippen molar-refractivity contribution in [3.63, 3.8) is 0 Å². The molecule has 3 aliphatic heterocycles. The molecular formula is C43H59N7O5S. The summed E-state index contributed by atoms with van der Waals surface area (Å²) in [6, 6.07) is 7.51. The van der Waals surface area contributed by atoms with Crippen LogP contribution in [0.4, 0.5) is 5.69 Å². The maximum Gasteiger partial charge on any atom is 0.324 e. The molecule has 2 N–H and O–H groups in total. The lowest BCUT2D eigenvalue weighted by Crippen LogP contribution is -2.60. The van der Waals surface area contributed by atoms with Crippen LogP contribution in [-0.2, 0) is 43.2 Å². The molecule has 4 bridgehead atoms. The van der Waals surface area contributed by atoms with Crippen molar-refractivity contribution in [1.29, 1.82) is 0 Å². The molecule has 1 unspecified atom stereocenters. The number of aromatic nitrogens is 2. The second kappa shape index (κ2) is 16.9. The van der Waals surface area contributed by atoms with Gasteiger partial charge in [-0.05, 0) is 87.7 Å². The molecule has 13 heteroatoms. The molecule has 1 aliphatic carbocycles. The lowest BCUT2D eigenvalue weighted by Gasteiger charge is -2.35. The van der Waals surface area contributed by atoms with Gasteiger partial charge in [0, 0.05) is 74.2 Å². The first-order chi connectivity index (χ1) is 26.9. The van der Waals surface area contributed by atoms with Gasteiger partial charge >= 0.3 is 5.97 Å². The predicted octanol–water partition coefficient (Wildman–Crippen LogP) is 5.30. The Hall–Kier alpha value is -3.91. The van der Waals surface area contributed by atoms with Gasteiger partial charge < -0.3 is 29.2 Å². The van der Waals surface area contributed by atoms with Crippen LogP contribution in [0.25, 0.3) is 22.2 Å². The zero-order valence-corrected chi connectivity index (χ0v) is 34.7. The number of likely N-dealkylation sites (N-methyl/N-ethyl adjacent to an activating group) is 1. The van der Waals surface area contributed by atoms with E-state index in [1.807, 2.05) is 12.3 Å². The van der Waals surface area contributed by atoms with Crippen molar-refractivity contribution in [3.05, 3.63) is 59.4 Å². The number of nitrogens with zero attached hydrogens (tertiary/aromatic N) is 5. The molecule has 0 spiro atoms. The Morgan fingerprint density at radius 3 is 2.62 bits per heavy atom. The number of esters is 1. The fourth-order valence-electron chi connectivity index (χ4n) is 8.45. The fraction of sp³-hybridized carbons (Fsp3) is 0.581. The number of benzene rings is 1. The van der Waals surface area contributed by atoms with Gasteiger partial charge in [-0.1, -0.05) is 39.0 Å². The summed E-state index contributed by atoms with van der Waals surface area (Å²) in [5, 5.41) is 5.68. The van der Waals surface area contributed by atoms with E-state index < -0.39 is 22.9 Å². The largest absolute Gasteiger partial charge is 0.464 e. The molecule has 56 heavy (non-hydrogen) atoms. The first-order valence-corrected chi connectivity index (χ1v) is 20.9. The van der Waals surface area contributed by atoms with Crippen LogP contribution in [0.3, 0.4) is 0 Å². The quantitative estimate of drug-likeness (QED) is 0.127. The molecule has 4 aliphatic rings. The first kappa shape index (κ1) is 40.3. The summed E-state index contributed by atoms with van der Waals surface area (Å²) in [7, 11) is 3.82. The molecule has 1 aromatic carbocycles. The average molecular weight is 786 g/mol. The van der Waals surface area contributed by atoms with Crippen molar-refractivity contribution in [2.75, 3.05) is 58.4 Å². The van der Waals surface area contributed by atoms with Crippen molar-refractivity contribution < 1.29 is 23.9 Å². The molecule has 0 radical (unpaired) electrons. The van der Waals surface area contributed by atoms with E-state index in [1.54, 1.807) is 7.11 Å². The zero-order chi connectivity index (χ0) is 39.7. The standard InChI is InChI=1S/C43H59N7O5S/c1-7-49-36-15-14-28-11-8-9-12-34(45-39(51)30-21-27(30)2)40(52)50-16-10-13-35(46-50)41(53)55-26-43(3,4)24-33(31(36)22-28)38(49)32-23-29(25-44-37(32)42(56)54-6)48-19-17-47(5)18-20-48/h8-9,14-15,22-23,25,27,30,34-35,42,46,56H,7,10-13,16-21,24,26H2,1-6H3,(H,45,51)/b9-8-/t27-,30-,34-,35-,42?/m0/s1. The number of anilines is 1. The SMILES string of the molecule is CCn1c(-c2cc(N3CCN(C)CC3)cnc2C(S)OC)c2c3cc(ccc31)C/C=C\C[C@H](NC(=O)[C@H]1C[C@@H]1C)C(=O)N1CCC[C@H](N1)C(=O)OCC(C)(C)C2. The molecule has 7 rings (SSSR count). The lowest BCUT2D eigenvalue weighted by atomic mass is 9.84. The molecule has 302 valence electrons. The van der Waals surface area contributed by atoms with Crippen LogP contribution in [0.15, 0.2) is 42.6 Å². The number of pyridine rings is 1. The van der Waals surface area contributed by atoms with E-state index in [0.29, 0.717) is 44.6 Å². The molecular weight excluding hydrogens is 727 g/mol. The Labute approximate surface area is 336 Å². The van der Waals surface area contributed by atoms with E-state index in [1.165, 1.54) is 5.01 Å². The highest BCUT2D eigenvalue weighted by Crippen LogP contribution is 2.43. The Morgan fingerprint density at radius 2 is 1.91 bits per heavy atom. The predicted molar refractivity (Wildman–Crippen MR) is 222 cm³/mol. The van der Waals surface area contributed by atoms with E-state index in [9.17, 15) is 14.4 Å². The molecule has 1 saturated carbocycles. The van der Waals surface area contributed by atoms with Crippen molar-refractivity contribution in [2.45, 2.75) is 90.3 Å². The molecule has 2 amide bonds. The van der Waals surface area contributed by atoms with Crippen molar-refractivity contribution in [2.24, 2.45) is 17.3 Å². The summed E-state index contributed by atoms with van der Waals surface area (Å²) in [5.41, 5.74) is 9.47. The smallest absolute Gasteiger partial charge is 0.324 e. The Balaban J connectivity index is 1.31. The summed E-state index contributed by atoms with van der Waals surface area (Å²) in [6.45, 7) is 13.7. The number of cyclic esters (lactones) is 1. The number of hydrogen-bond donors (Lipinski definition) is 3. The number of amides is 2. The third-order valence-corrected chi connectivity index (χ3v) is 12.4. The number of allylic oxidation sites excluding steroid dienone is 1. The van der Waals surface area contributed by atoms with E-state index >= 15 is 0 Å². The zero-order valence-electron chi connectivity index (χ0n) is 33.8. The van der Waals surface area contributed by atoms with E-state index in [0.717, 1.165) is 83.8 Å². The molecule has 5 heterocycles. The van der Waals surface area contributed by atoms with E-state index in [-0.39, 0.29) is 30.3 Å².